The molecule has 0 aliphatic rings. The van der Waals surface area contributed by atoms with Gasteiger partial charge in [-0.2, -0.15) is 4.98 Å². The lowest BCUT2D eigenvalue weighted by atomic mass is 10.1. The second kappa shape index (κ2) is 6.36. The Bertz CT molecular complexity index is 1020. The molecule has 0 spiro atoms. The molecule has 132 valence electrons. The van der Waals surface area contributed by atoms with E-state index in [0.29, 0.717) is 28.5 Å². The van der Waals surface area contributed by atoms with E-state index in [1.165, 1.54) is 0 Å². The van der Waals surface area contributed by atoms with E-state index in [4.69, 9.17) is 4.52 Å². The van der Waals surface area contributed by atoms with Crippen LogP contribution in [0, 0.1) is 20.8 Å². The van der Waals surface area contributed by atoms with Crippen LogP contribution >= 0.6 is 0 Å². The van der Waals surface area contributed by atoms with Gasteiger partial charge in [-0.05, 0) is 44.9 Å². The van der Waals surface area contributed by atoms with Gasteiger partial charge in [0.05, 0.1) is 5.56 Å². The summed E-state index contributed by atoms with van der Waals surface area (Å²) in [6, 6.07) is 7.33. The Morgan fingerprint density at radius 1 is 1.20 bits per heavy atom. The molecule has 0 amide bonds. The van der Waals surface area contributed by atoms with Crippen LogP contribution in [0.4, 0.5) is 5.69 Å². The van der Waals surface area contributed by atoms with Gasteiger partial charge < -0.3 is 9.51 Å². The van der Waals surface area contributed by atoms with Crippen LogP contribution in [0.3, 0.4) is 0 Å². The van der Waals surface area contributed by atoms with Crippen LogP contribution in [-0.4, -0.2) is 23.5 Å². The summed E-state index contributed by atoms with van der Waals surface area (Å²) >= 11 is 0. The lowest BCUT2D eigenvalue weighted by molar-refractivity contribution is 0.424. The molecule has 8 heteroatoms. The molecule has 0 saturated carbocycles. The highest BCUT2D eigenvalue weighted by Crippen LogP contribution is 2.33. The van der Waals surface area contributed by atoms with Crippen LogP contribution in [0.1, 0.15) is 29.7 Å². The predicted octanol–water partition coefficient (Wildman–Crippen LogP) is 3.35. The first kappa shape index (κ1) is 17.2. The molecule has 25 heavy (non-hydrogen) atoms. The molecular weight excluding hydrogens is 340 g/mol. The molecule has 0 atom stereocenters. The molecule has 3 rings (SSSR count). The Morgan fingerprint density at radius 2 is 1.96 bits per heavy atom. The predicted molar refractivity (Wildman–Crippen MR) is 94.9 cm³/mol. The van der Waals surface area contributed by atoms with Crippen LogP contribution in [0.25, 0.3) is 11.5 Å². The van der Waals surface area contributed by atoms with E-state index in [1.807, 2.05) is 25.1 Å². The van der Waals surface area contributed by atoms with Gasteiger partial charge in [-0.3, -0.25) is 4.72 Å². The first-order valence-electron chi connectivity index (χ1n) is 7.93. The minimum Gasteiger partial charge on any atom is -0.361 e. The van der Waals surface area contributed by atoms with E-state index in [9.17, 15) is 8.42 Å². The first-order chi connectivity index (χ1) is 11.8. The maximum Gasteiger partial charge on any atom is 0.264 e. The van der Waals surface area contributed by atoms with Crippen molar-refractivity contribution in [2.24, 2.45) is 0 Å². The summed E-state index contributed by atoms with van der Waals surface area (Å²) in [6.45, 7) is 7.18. The highest BCUT2D eigenvalue weighted by atomic mass is 32.2. The highest BCUT2D eigenvalue weighted by Gasteiger charge is 2.29. The summed E-state index contributed by atoms with van der Waals surface area (Å²) < 4.78 is 33.9. The van der Waals surface area contributed by atoms with Crippen LogP contribution in [-0.2, 0) is 16.4 Å². The van der Waals surface area contributed by atoms with E-state index >= 15 is 0 Å². The monoisotopic (exact) mass is 360 g/mol. The molecule has 0 aliphatic carbocycles. The number of hydrogen-bond acceptors (Lipinski definition) is 5. The summed E-state index contributed by atoms with van der Waals surface area (Å²) in [5, 5.41) is 3.76. The normalized spacial score (nSPS) is 11.7. The zero-order chi connectivity index (χ0) is 18.2. The Morgan fingerprint density at radius 3 is 2.60 bits per heavy atom. The molecule has 0 bridgehead atoms. The van der Waals surface area contributed by atoms with E-state index < -0.39 is 10.0 Å². The Balaban J connectivity index is 2.08. The molecule has 0 unspecified atom stereocenters. The molecule has 3 aromatic rings. The van der Waals surface area contributed by atoms with Crippen molar-refractivity contribution in [1.82, 2.24) is 15.1 Å². The third-order valence-corrected chi connectivity index (χ3v) is 5.47. The van der Waals surface area contributed by atoms with Crippen molar-refractivity contribution in [2.75, 3.05) is 4.72 Å². The van der Waals surface area contributed by atoms with E-state index in [1.54, 1.807) is 26.8 Å². The lowest BCUT2D eigenvalue weighted by Crippen LogP contribution is -2.14. The number of benzene rings is 1. The summed E-state index contributed by atoms with van der Waals surface area (Å²) in [6.07, 6.45) is 0.824. The summed E-state index contributed by atoms with van der Waals surface area (Å²) in [7, 11) is -3.83. The van der Waals surface area contributed by atoms with Gasteiger partial charge in [0.1, 0.15) is 4.90 Å². The van der Waals surface area contributed by atoms with Crippen molar-refractivity contribution in [3.8, 4) is 11.5 Å². The average Bonchev–Trinajstić information content (AvgIpc) is 3.09. The molecule has 2 N–H and O–H groups in total. The molecule has 1 aromatic carbocycles. The van der Waals surface area contributed by atoms with E-state index in [0.717, 1.165) is 12.0 Å². The number of H-pyrrole nitrogens is 1. The van der Waals surface area contributed by atoms with Crippen molar-refractivity contribution >= 4 is 15.7 Å². The average molecular weight is 360 g/mol. The summed E-state index contributed by atoms with van der Waals surface area (Å²) in [4.78, 5) is 7.35. The summed E-state index contributed by atoms with van der Waals surface area (Å²) in [5.41, 5.74) is 3.14. The first-order valence-corrected chi connectivity index (χ1v) is 9.41. The number of rotatable bonds is 5. The van der Waals surface area contributed by atoms with Crippen molar-refractivity contribution in [2.45, 2.75) is 39.0 Å². The van der Waals surface area contributed by atoms with Crippen molar-refractivity contribution in [3.63, 3.8) is 0 Å². The number of sulfonamides is 1. The number of aryl methyl sites for hydroxylation is 4. The van der Waals surface area contributed by atoms with Gasteiger partial charge in [-0.25, -0.2) is 8.42 Å². The summed E-state index contributed by atoms with van der Waals surface area (Å²) in [5.74, 6) is 0.627. The number of nitrogens with one attached hydrogen (secondary N) is 2. The van der Waals surface area contributed by atoms with E-state index in [-0.39, 0.29) is 10.8 Å². The largest absolute Gasteiger partial charge is 0.361 e. The number of anilines is 1. The van der Waals surface area contributed by atoms with Gasteiger partial charge in [0.15, 0.2) is 5.82 Å². The maximum absolute atomic E-state index is 13.0. The molecule has 0 aliphatic heterocycles. The fourth-order valence-electron chi connectivity index (χ4n) is 2.81. The van der Waals surface area contributed by atoms with Gasteiger partial charge in [0, 0.05) is 17.1 Å². The Labute approximate surface area is 146 Å². The van der Waals surface area contributed by atoms with Crippen molar-refractivity contribution in [3.05, 3.63) is 47.0 Å². The van der Waals surface area contributed by atoms with Gasteiger partial charge in [-0.15, -0.1) is 0 Å². The topological polar surface area (TPSA) is 101 Å². The molecular formula is C17H20N4O3S. The number of aromatic amines is 1. The second-order valence-corrected chi connectivity index (χ2v) is 7.50. The van der Waals surface area contributed by atoms with Gasteiger partial charge in [0.2, 0.25) is 0 Å². The van der Waals surface area contributed by atoms with Gasteiger partial charge in [-0.1, -0.05) is 24.2 Å². The number of aromatic nitrogens is 3. The van der Waals surface area contributed by atoms with Crippen LogP contribution in [0.5, 0.6) is 0 Å². The minimum atomic E-state index is -3.83. The van der Waals surface area contributed by atoms with Gasteiger partial charge in [0.25, 0.3) is 15.9 Å². The van der Waals surface area contributed by atoms with Crippen LogP contribution in [0.2, 0.25) is 0 Å². The molecule has 0 saturated heterocycles. The fourth-order valence-corrected chi connectivity index (χ4v) is 4.31. The third kappa shape index (κ3) is 3.30. The highest BCUT2D eigenvalue weighted by molar-refractivity contribution is 7.93. The van der Waals surface area contributed by atoms with Crippen LogP contribution < -0.4 is 4.72 Å². The molecule has 2 aromatic heterocycles. The molecule has 0 radical (unpaired) electrons. The molecule has 7 nitrogen and oxygen atoms in total. The van der Waals surface area contributed by atoms with Gasteiger partial charge >= 0.3 is 0 Å². The Hall–Kier alpha value is -2.61. The minimum absolute atomic E-state index is 0.121. The standard InChI is InChI=1S/C17H20N4O3S/c1-5-13-7-6-8-14(9-13)21-25(22,23)16-11(3)18-10(2)15(16)17-19-12(4)20-24-17/h6-9,18,21H,5H2,1-4H3. The molecule has 2 heterocycles. The third-order valence-electron chi connectivity index (χ3n) is 3.92. The zero-order valence-electron chi connectivity index (χ0n) is 14.5. The Kier molecular flexibility index (Phi) is 4.38. The lowest BCUT2D eigenvalue weighted by Gasteiger charge is -2.10. The quantitative estimate of drug-likeness (QED) is 0.726. The smallest absolute Gasteiger partial charge is 0.264 e. The number of nitrogens with zero attached hydrogens (tertiary/aromatic N) is 2. The number of hydrogen-bond donors (Lipinski definition) is 2. The van der Waals surface area contributed by atoms with E-state index in [2.05, 4.69) is 19.8 Å². The van der Waals surface area contributed by atoms with Crippen LogP contribution in [0.15, 0.2) is 33.7 Å². The SMILES string of the molecule is CCc1cccc(NS(=O)(=O)c2c(C)[nH]c(C)c2-c2nc(C)no2)c1. The zero-order valence-corrected chi connectivity index (χ0v) is 15.4. The van der Waals surface area contributed by atoms with Crippen molar-refractivity contribution in [1.29, 1.82) is 0 Å². The fraction of sp³-hybridized carbons (Fsp3) is 0.294. The maximum atomic E-state index is 13.0. The second-order valence-electron chi connectivity index (χ2n) is 5.89. The van der Waals surface area contributed by atoms with Crippen molar-refractivity contribution < 1.29 is 12.9 Å². The molecule has 0 fully saturated rings.